The molecule has 0 aromatic heterocycles. The topological polar surface area (TPSA) is 90.3 Å². The molecular weight excluding hydrogens is 308 g/mol. The smallest absolute Gasteiger partial charge is 0.257 e. The molecule has 1 saturated heterocycles. The molecule has 120 valence electrons. The van der Waals surface area contributed by atoms with Gasteiger partial charge < -0.3 is 5.32 Å². The molecule has 1 aromatic rings. The highest BCUT2D eigenvalue weighted by molar-refractivity contribution is 6.08. The maximum absolute atomic E-state index is 13.8. The molecule has 0 spiro atoms. The summed E-state index contributed by atoms with van der Waals surface area (Å²) in [5.74, 6) is -4.65. The predicted molar refractivity (Wildman–Crippen MR) is 73.9 cm³/mol. The molecule has 1 unspecified atom stereocenters. The quantitative estimate of drug-likeness (QED) is 0.844. The largest absolute Gasteiger partial charge is 0.339 e. The van der Waals surface area contributed by atoms with Crippen molar-refractivity contribution in [3.05, 3.63) is 34.9 Å². The number of nitriles is 1. The first-order chi connectivity index (χ1) is 10.8. The Bertz CT molecular complexity index is 717. The number of halogens is 2. The van der Waals surface area contributed by atoms with Crippen LogP contribution in [0.15, 0.2) is 12.1 Å². The summed E-state index contributed by atoms with van der Waals surface area (Å²) in [6.07, 6.45) is -0.262. The van der Waals surface area contributed by atoms with Crippen molar-refractivity contribution >= 4 is 17.7 Å². The maximum atomic E-state index is 13.8. The summed E-state index contributed by atoms with van der Waals surface area (Å²) in [6, 6.07) is 1.47. The van der Waals surface area contributed by atoms with Gasteiger partial charge in [-0.3, -0.25) is 19.3 Å². The molecule has 0 aliphatic carbocycles. The molecule has 0 bridgehead atoms. The van der Waals surface area contributed by atoms with Gasteiger partial charge in [0.2, 0.25) is 5.91 Å². The molecule has 1 aromatic carbocycles. The van der Waals surface area contributed by atoms with Crippen LogP contribution in [0, 0.1) is 23.0 Å². The lowest BCUT2D eigenvalue weighted by Gasteiger charge is -2.19. The van der Waals surface area contributed by atoms with E-state index in [1.54, 1.807) is 19.9 Å². The summed E-state index contributed by atoms with van der Waals surface area (Å²) in [6.45, 7) is 3.28. The Kier molecular flexibility index (Phi) is 4.40. The molecule has 1 aliphatic rings. The molecule has 1 N–H and O–H groups in total. The summed E-state index contributed by atoms with van der Waals surface area (Å²) in [5.41, 5.74) is -1.16. The number of likely N-dealkylation sites (tertiary alicyclic amines) is 1. The van der Waals surface area contributed by atoms with Gasteiger partial charge in [-0.1, -0.05) is 0 Å². The van der Waals surface area contributed by atoms with Crippen LogP contribution < -0.4 is 5.32 Å². The number of carbonyl (C=O) groups excluding carboxylic acids is 3. The van der Waals surface area contributed by atoms with E-state index in [9.17, 15) is 23.2 Å². The summed E-state index contributed by atoms with van der Waals surface area (Å²) in [5, 5.41) is 10.8. The minimum Gasteiger partial charge on any atom is -0.339 e. The first-order valence-electron chi connectivity index (χ1n) is 6.82. The Balaban J connectivity index is 2.23. The number of imide groups is 1. The van der Waals surface area contributed by atoms with Crippen LogP contribution in [-0.2, 0) is 9.59 Å². The molecule has 2 rings (SSSR count). The molecule has 1 fully saturated rings. The molecule has 1 atom stereocenters. The van der Waals surface area contributed by atoms with Gasteiger partial charge >= 0.3 is 0 Å². The molecular formula is C15H13F2N3O3. The number of nitrogens with one attached hydrogen (secondary N) is 1. The number of nitrogens with zero attached hydrogens (tertiary/aromatic N) is 2. The number of amides is 3. The molecule has 0 radical (unpaired) electrons. The Labute approximate surface area is 130 Å². The average molecular weight is 321 g/mol. The van der Waals surface area contributed by atoms with E-state index < -0.39 is 41.0 Å². The van der Waals surface area contributed by atoms with E-state index in [1.807, 2.05) is 0 Å². The summed E-state index contributed by atoms with van der Waals surface area (Å²) < 4.78 is 27.6. The summed E-state index contributed by atoms with van der Waals surface area (Å²) in [4.78, 5) is 36.8. The van der Waals surface area contributed by atoms with Crippen molar-refractivity contribution in [1.82, 2.24) is 10.2 Å². The third-order valence-electron chi connectivity index (χ3n) is 3.40. The lowest BCUT2D eigenvalue weighted by molar-refractivity contribution is -0.140. The van der Waals surface area contributed by atoms with E-state index in [1.165, 1.54) is 0 Å². The number of benzene rings is 1. The van der Waals surface area contributed by atoms with Gasteiger partial charge in [-0.2, -0.15) is 5.26 Å². The van der Waals surface area contributed by atoms with Gasteiger partial charge in [-0.25, -0.2) is 8.78 Å². The lowest BCUT2D eigenvalue weighted by atomic mass is 10.1. The average Bonchev–Trinajstić information content (AvgIpc) is 2.72. The monoisotopic (exact) mass is 321 g/mol. The standard InChI is InChI=1S/C15H13F2N3O3/c1-7(2)20-12(21)5-11(15(20)23)19-14(22)13-9(16)3-8(6-18)4-10(13)17/h3-4,7,11H,5H2,1-2H3,(H,19,22). The van der Waals surface area contributed by atoms with E-state index in [0.29, 0.717) is 0 Å². The van der Waals surface area contributed by atoms with Crippen molar-refractivity contribution in [2.24, 2.45) is 0 Å². The van der Waals surface area contributed by atoms with Crippen molar-refractivity contribution in [3.63, 3.8) is 0 Å². The minimum absolute atomic E-state index is 0.262. The van der Waals surface area contributed by atoms with Crippen LogP contribution in [-0.4, -0.2) is 34.7 Å². The van der Waals surface area contributed by atoms with Crippen molar-refractivity contribution in [1.29, 1.82) is 5.26 Å². The summed E-state index contributed by atoms with van der Waals surface area (Å²) in [7, 11) is 0. The number of carbonyl (C=O) groups is 3. The second-order valence-electron chi connectivity index (χ2n) is 5.35. The SMILES string of the molecule is CC(C)N1C(=O)CC(NC(=O)c2c(F)cc(C#N)cc2F)C1=O. The fraction of sp³-hybridized carbons (Fsp3) is 0.333. The van der Waals surface area contributed by atoms with Gasteiger partial charge in [0, 0.05) is 6.04 Å². The molecule has 6 nitrogen and oxygen atoms in total. The third-order valence-corrected chi connectivity index (χ3v) is 3.40. The van der Waals surface area contributed by atoms with Crippen LogP contribution in [0.2, 0.25) is 0 Å². The van der Waals surface area contributed by atoms with Crippen LogP contribution in [0.3, 0.4) is 0 Å². The highest BCUT2D eigenvalue weighted by atomic mass is 19.1. The fourth-order valence-electron chi connectivity index (χ4n) is 2.39. The Morgan fingerprint density at radius 3 is 2.35 bits per heavy atom. The van der Waals surface area contributed by atoms with E-state index in [4.69, 9.17) is 5.26 Å². The third kappa shape index (κ3) is 3.04. The Morgan fingerprint density at radius 1 is 1.35 bits per heavy atom. The molecule has 23 heavy (non-hydrogen) atoms. The Hall–Kier alpha value is -2.82. The van der Waals surface area contributed by atoms with Crippen molar-refractivity contribution in [2.45, 2.75) is 32.4 Å². The van der Waals surface area contributed by atoms with Crippen molar-refractivity contribution in [2.75, 3.05) is 0 Å². The number of hydrogen-bond donors (Lipinski definition) is 1. The van der Waals surface area contributed by atoms with Crippen LogP contribution in [0.25, 0.3) is 0 Å². The van der Waals surface area contributed by atoms with Gasteiger partial charge in [0.05, 0.1) is 18.1 Å². The van der Waals surface area contributed by atoms with E-state index >= 15 is 0 Å². The first-order valence-corrected chi connectivity index (χ1v) is 6.82. The lowest BCUT2D eigenvalue weighted by Crippen LogP contribution is -2.44. The zero-order chi connectivity index (χ0) is 17.3. The molecule has 1 heterocycles. The highest BCUT2D eigenvalue weighted by Crippen LogP contribution is 2.19. The van der Waals surface area contributed by atoms with E-state index in [2.05, 4.69) is 5.32 Å². The van der Waals surface area contributed by atoms with Crippen LogP contribution >= 0.6 is 0 Å². The van der Waals surface area contributed by atoms with Crippen LogP contribution in [0.4, 0.5) is 8.78 Å². The van der Waals surface area contributed by atoms with E-state index in [-0.39, 0.29) is 18.0 Å². The first kappa shape index (κ1) is 16.5. The van der Waals surface area contributed by atoms with Gasteiger partial charge in [0.1, 0.15) is 23.2 Å². The van der Waals surface area contributed by atoms with Gasteiger partial charge in [-0.15, -0.1) is 0 Å². The maximum Gasteiger partial charge on any atom is 0.257 e. The van der Waals surface area contributed by atoms with Crippen molar-refractivity contribution < 1.29 is 23.2 Å². The minimum atomic E-state index is -1.21. The second kappa shape index (κ2) is 6.12. The fourth-order valence-corrected chi connectivity index (χ4v) is 2.39. The number of rotatable bonds is 3. The highest BCUT2D eigenvalue weighted by Gasteiger charge is 2.41. The number of hydrogen-bond acceptors (Lipinski definition) is 4. The second-order valence-corrected chi connectivity index (χ2v) is 5.35. The molecule has 3 amide bonds. The molecule has 8 heteroatoms. The van der Waals surface area contributed by atoms with Gasteiger partial charge in [0.15, 0.2) is 0 Å². The normalized spacial score (nSPS) is 17.6. The summed E-state index contributed by atoms with van der Waals surface area (Å²) >= 11 is 0. The van der Waals surface area contributed by atoms with Crippen molar-refractivity contribution in [3.8, 4) is 6.07 Å². The van der Waals surface area contributed by atoms with Gasteiger partial charge in [0.25, 0.3) is 11.8 Å². The zero-order valence-corrected chi connectivity index (χ0v) is 12.4. The van der Waals surface area contributed by atoms with Gasteiger partial charge in [-0.05, 0) is 26.0 Å². The predicted octanol–water partition coefficient (Wildman–Crippen LogP) is 1.10. The molecule has 0 saturated carbocycles. The Morgan fingerprint density at radius 2 is 1.91 bits per heavy atom. The zero-order valence-electron chi connectivity index (χ0n) is 12.4. The van der Waals surface area contributed by atoms with E-state index in [0.717, 1.165) is 17.0 Å². The van der Waals surface area contributed by atoms with Crippen LogP contribution in [0.5, 0.6) is 0 Å². The van der Waals surface area contributed by atoms with Crippen LogP contribution in [0.1, 0.15) is 36.2 Å². The molecule has 1 aliphatic heterocycles.